The standard InChI is InChI=1S/C16H18N2O3/c1-20-12-8-9-14(21-2)13(10-12)18-16(19)15(17)11-6-4-3-5-7-11/h3-10,15H,17H2,1-2H3,(H,18,19)/t15-/m1/s1. The summed E-state index contributed by atoms with van der Waals surface area (Å²) in [5, 5.41) is 2.77. The van der Waals surface area contributed by atoms with Crippen LogP contribution in [0.5, 0.6) is 11.5 Å². The molecule has 0 aliphatic rings. The molecule has 0 unspecified atom stereocenters. The fourth-order valence-corrected chi connectivity index (χ4v) is 1.93. The largest absolute Gasteiger partial charge is 0.497 e. The number of ether oxygens (including phenoxy) is 2. The summed E-state index contributed by atoms with van der Waals surface area (Å²) >= 11 is 0. The van der Waals surface area contributed by atoms with Crippen LogP contribution in [-0.4, -0.2) is 20.1 Å². The second-order valence-electron chi connectivity index (χ2n) is 4.44. The van der Waals surface area contributed by atoms with Gasteiger partial charge >= 0.3 is 0 Å². The monoisotopic (exact) mass is 286 g/mol. The van der Waals surface area contributed by atoms with Gasteiger partial charge in [-0.3, -0.25) is 4.79 Å². The van der Waals surface area contributed by atoms with E-state index < -0.39 is 6.04 Å². The molecule has 0 fully saturated rings. The number of benzene rings is 2. The molecule has 1 amide bonds. The molecular formula is C16H18N2O3. The highest BCUT2D eigenvalue weighted by Crippen LogP contribution is 2.29. The van der Waals surface area contributed by atoms with E-state index in [1.807, 2.05) is 30.3 Å². The van der Waals surface area contributed by atoms with Gasteiger partial charge in [0.1, 0.15) is 17.5 Å². The summed E-state index contributed by atoms with van der Waals surface area (Å²) in [6.07, 6.45) is 0. The lowest BCUT2D eigenvalue weighted by atomic mass is 10.1. The Morgan fingerprint density at radius 3 is 2.43 bits per heavy atom. The maximum Gasteiger partial charge on any atom is 0.245 e. The second-order valence-corrected chi connectivity index (χ2v) is 4.44. The summed E-state index contributed by atoms with van der Waals surface area (Å²) in [4.78, 5) is 12.2. The highest BCUT2D eigenvalue weighted by atomic mass is 16.5. The number of methoxy groups -OCH3 is 2. The van der Waals surface area contributed by atoms with Gasteiger partial charge in [0, 0.05) is 6.07 Å². The zero-order chi connectivity index (χ0) is 15.2. The van der Waals surface area contributed by atoms with E-state index in [2.05, 4.69) is 5.32 Å². The third-order valence-corrected chi connectivity index (χ3v) is 3.11. The van der Waals surface area contributed by atoms with Gasteiger partial charge in [0.05, 0.1) is 19.9 Å². The number of amides is 1. The van der Waals surface area contributed by atoms with Crippen LogP contribution < -0.4 is 20.5 Å². The van der Waals surface area contributed by atoms with Gasteiger partial charge in [-0.25, -0.2) is 0 Å². The smallest absolute Gasteiger partial charge is 0.245 e. The molecule has 1 atom stereocenters. The van der Waals surface area contributed by atoms with Crippen LogP contribution in [0.3, 0.4) is 0 Å². The highest BCUT2D eigenvalue weighted by Gasteiger charge is 2.17. The zero-order valence-electron chi connectivity index (χ0n) is 12.0. The first kappa shape index (κ1) is 14.9. The number of hydrogen-bond acceptors (Lipinski definition) is 4. The lowest BCUT2D eigenvalue weighted by Crippen LogP contribution is -2.27. The van der Waals surface area contributed by atoms with Crippen molar-refractivity contribution in [3.8, 4) is 11.5 Å². The lowest BCUT2D eigenvalue weighted by Gasteiger charge is -2.15. The van der Waals surface area contributed by atoms with Crippen molar-refractivity contribution in [2.24, 2.45) is 5.73 Å². The van der Waals surface area contributed by atoms with Crippen molar-refractivity contribution in [1.82, 2.24) is 0 Å². The fourth-order valence-electron chi connectivity index (χ4n) is 1.93. The van der Waals surface area contributed by atoms with Crippen LogP contribution in [0.25, 0.3) is 0 Å². The Bertz CT molecular complexity index is 614. The molecule has 2 rings (SSSR count). The molecule has 0 bridgehead atoms. The van der Waals surface area contributed by atoms with E-state index in [9.17, 15) is 4.79 Å². The maximum absolute atomic E-state index is 12.2. The van der Waals surface area contributed by atoms with Crippen LogP contribution in [0, 0.1) is 0 Å². The molecule has 0 aromatic heterocycles. The summed E-state index contributed by atoms with van der Waals surface area (Å²) in [7, 11) is 3.09. The number of anilines is 1. The van der Waals surface area contributed by atoms with E-state index in [4.69, 9.17) is 15.2 Å². The fraction of sp³-hybridized carbons (Fsp3) is 0.188. The summed E-state index contributed by atoms with van der Waals surface area (Å²) in [5.74, 6) is 0.858. The molecule has 0 saturated carbocycles. The van der Waals surface area contributed by atoms with Crippen LogP contribution in [0.15, 0.2) is 48.5 Å². The molecular weight excluding hydrogens is 268 g/mol. The molecule has 0 aliphatic carbocycles. The van der Waals surface area contributed by atoms with E-state index >= 15 is 0 Å². The van der Waals surface area contributed by atoms with E-state index in [0.717, 1.165) is 5.56 Å². The molecule has 2 aromatic rings. The Hall–Kier alpha value is -2.53. The van der Waals surface area contributed by atoms with E-state index in [1.54, 1.807) is 25.3 Å². The minimum absolute atomic E-state index is 0.312. The molecule has 0 spiro atoms. The number of hydrogen-bond donors (Lipinski definition) is 2. The summed E-state index contributed by atoms with van der Waals surface area (Å²) in [6.45, 7) is 0. The number of rotatable bonds is 5. The van der Waals surface area contributed by atoms with Gasteiger partial charge in [0.2, 0.25) is 5.91 Å². The molecule has 0 aliphatic heterocycles. The average molecular weight is 286 g/mol. The lowest BCUT2D eigenvalue weighted by molar-refractivity contribution is -0.117. The molecule has 0 heterocycles. The van der Waals surface area contributed by atoms with Gasteiger partial charge < -0.3 is 20.5 Å². The van der Waals surface area contributed by atoms with Gasteiger partial charge in [-0.1, -0.05) is 30.3 Å². The predicted octanol–water partition coefficient (Wildman–Crippen LogP) is 2.34. The molecule has 3 N–H and O–H groups in total. The van der Waals surface area contributed by atoms with Crippen molar-refractivity contribution in [3.05, 3.63) is 54.1 Å². The Kier molecular flexibility index (Phi) is 4.79. The average Bonchev–Trinajstić information content (AvgIpc) is 2.54. The number of carbonyl (C=O) groups excluding carboxylic acids is 1. The number of nitrogens with one attached hydrogen (secondary N) is 1. The van der Waals surface area contributed by atoms with Gasteiger partial charge in [-0.15, -0.1) is 0 Å². The van der Waals surface area contributed by atoms with Crippen molar-refractivity contribution in [3.63, 3.8) is 0 Å². The first-order valence-electron chi connectivity index (χ1n) is 6.49. The third kappa shape index (κ3) is 3.52. The maximum atomic E-state index is 12.2. The predicted molar refractivity (Wildman–Crippen MR) is 81.5 cm³/mol. The molecule has 21 heavy (non-hydrogen) atoms. The van der Waals surface area contributed by atoms with E-state index in [-0.39, 0.29) is 5.91 Å². The Morgan fingerprint density at radius 1 is 1.10 bits per heavy atom. The normalized spacial score (nSPS) is 11.6. The quantitative estimate of drug-likeness (QED) is 0.884. The second kappa shape index (κ2) is 6.76. The van der Waals surface area contributed by atoms with Crippen LogP contribution in [0.2, 0.25) is 0 Å². The van der Waals surface area contributed by atoms with Crippen molar-refractivity contribution >= 4 is 11.6 Å². The van der Waals surface area contributed by atoms with Crippen molar-refractivity contribution in [2.75, 3.05) is 19.5 Å². The topological polar surface area (TPSA) is 73.6 Å². The molecule has 0 saturated heterocycles. The van der Waals surface area contributed by atoms with Gasteiger partial charge in [0.15, 0.2) is 0 Å². The Balaban J connectivity index is 2.19. The van der Waals surface area contributed by atoms with Gasteiger partial charge in [0.25, 0.3) is 0 Å². The Labute approximate surface area is 123 Å². The Morgan fingerprint density at radius 2 is 1.81 bits per heavy atom. The molecule has 0 radical (unpaired) electrons. The first-order valence-corrected chi connectivity index (χ1v) is 6.49. The molecule has 5 heteroatoms. The number of nitrogens with two attached hydrogens (primary N) is 1. The van der Waals surface area contributed by atoms with Crippen LogP contribution in [0.4, 0.5) is 5.69 Å². The van der Waals surface area contributed by atoms with Crippen LogP contribution in [-0.2, 0) is 4.79 Å². The summed E-state index contributed by atoms with van der Waals surface area (Å²) in [5.41, 5.74) is 7.23. The first-order chi connectivity index (χ1) is 10.2. The number of carbonyl (C=O) groups is 1. The van der Waals surface area contributed by atoms with E-state index in [0.29, 0.717) is 17.2 Å². The molecule has 2 aromatic carbocycles. The highest BCUT2D eigenvalue weighted by molar-refractivity contribution is 5.96. The minimum Gasteiger partial charge on any atom is -0.497 e. The van der Waals surface area contributed by atoms with Crippen molar-refractivity contribution in [2.45, 2.75) is 6.04 Å². The SMILES string of the molecule is COc1ccc(OC)c(NC(=O)[C@H](N)c2ccccc2)c1. The molecule has 110 valence electrons. The van der Waals surface area contributed by atoms with Crippen LogP contribution in [0.1, 0.15) is 11.6 Å². The summed E-state index contributed by atoms with van der Waals surface area (Å²) < 4.78 is 10.4. The van der Waals surface area contributed by atoms with Crippen LogP contribution >= 0.6 is 0 Å². The molecule has 5 nitrogen and oxygen atoms in total. The van der Waals surface area contributed by atoms with Crippen molar-refractivity contribution in [1.29, 1.82) is 0 Å². The van der Waals surface area contributed by atoms with E-state index in [1.165, 1.54) is 7.11 Å². The van der Waals surface area contributed by atoms with Gasteiger partial charge in [-0.05, 0) is 17.7 Å². The third-order valence-electron chi connectivity index (χ3n) is 3.11. The minimum atomic E-state index is -0.748. The van der Waals surface area contributed by atoms with Gasteiger partial charge in [-0.2, -0.15) is 0 Å². The summed E-state index contributed by atoms with van der Waals surface area (Å²) in [6, 6.07) is 13.6. The van der Waals surface area contributed by atoms with Crippen molar-refractivity contribution < 1.29 is 14.3 Å². The zero-order valence-corrected chi connectivity index (χ0v) is 12.0.